The Bertz CT molecular complexity index is 356. The number of amides is 1. The van der Waals surface area contributed by atoms with Gasteiger partial charge in [-0.25, -0.2) is 4.79 Å². The number of ketones is 1. The van der Waals surface area contributed by atoms with E-state index in [1.807, 2.05) is 20.8 Å². The van der Waals surface area contributed by atoms with Crippen LogP contribution in [-0.2, 0) is 9.53 Å². The number of ether oxygens (including phenoxy) is 1. The third kappa shape index (κ3) is 6.99. The maximum atomic E-state index is 11.5. The second kappa shape index (κ2) is 6.73. The molecule has 0 aromatic rings. The van der Waals surface area contributed by atoms with Gasteiger partial charge >= 0.3 is 6.09 Å². The Morgan fingerprint density at radius 1 is 1.32 bits per heavy atom. The molecule has 0 saturated heterocycles. The van der Waals surface area contributed by atoms with Crippen LogP contribution < -0.4 is 5.32 Å². The Labute approximate surface area is 115 Å². The standard InChI is InChI=1S/C15H25NO3/c1-11(17)9-12-5-7-13(8-6-12)10-16-14(18)19-15(2,3)4/h9,13H,5-8,10H2,1-4H3,(H,16,18). The van der Waals surface area contributed by atoms with Gasteiger partial charge in [0, 0.05) is 6.54 Å². The van der Waals surface area contributed by atoms with Crippen molar-refractivity contribution in [3.05, 3.63) is 11.6 Å². The lowest BCUT2D eigenvalue weighted by atomic mass is 9.85. The molecule has 0 aromatic carbocycles. The first-order valence-corrected chi connectivity index (χ1v) is 6.93. The Hall–Kier alpha value is -1.32. The summed E-state index contributed by atoms with van der Waals surface area (Å²) in [6.45, 7) is 7.80. The number of carbonyl (C=O) groups excluding carboxylic acids is 2. The minimum Gasteiger partial charge on any atom is -0.444 e. The fraction of sp³-hybridized carbons (Fsp3) is 0.733. The Kier molecular flexibility index (Phi) is 5.58. The molecule has 0 aliphatic heterocycles. The quantitative estimate of drug-likeness (QED) is 0.799. The zero-order chi connectivity index (χ0) is 14.5. The highest BCUT2D eigenvalue weighted by Crippen LogP contribution is 2.27. The monoisotopic (exact) mass is 267 g/mol. The van der Waals surface area contributed by atoms with Crippen LogP contribution >= 0.6 is 0 Å². The molecule has 0 bridgehead atoms. The Morgan fingerprint density at radius 2 is 1.89 bits per heavy atom. The summed E-state index contributed by atoms with van der Waals surface area (Å²) >= 11 is 0. The second-order valence-electron chi connectivity index (χ2n) is 6.24. The fourth-order valence-electron chi connectivity index (χ4n) is 2.23. The van der Waals surface area contributed by atoms with Gasteiger partial charge in [0.2, 0.25) is 0 Å². The largest absolute Gasteiger partial charge is 0.444 e. The minimum atomic E-state index is -0.450. The van der Waals surface area contributed by atoms with E-state index in [0.29, 0.717) is 12.5 Å². The van der Waals surface area contributed by atoms with Crippen molar-refractivity contribution in [1.82, 2.24) is 5.32 Å². The fourth-order valence-corrected chi connectivity index (χ4v) is 2.23. The van der Waals surface area contributed by atoms with Crippen molar-refractivity contribution in [2.45, 2.75) is 59.0 Å². The van der Waals surface area contributed by atoms with Gasteiger partial charge in [-0.1, -0.05) is 5.57 Å². The number of hydrogen-bond donors (Lipinski definition) is 1. The van der Waals surface area contributed by atoms with Gasteiger partial charge in [-0.2, -0.15) is 0 Å². The average molecular weight is 267 g/mol. The molecule has 19 heavy (non-hydrogen) atoms. The van der Waals surface area contributed by atoms with Gasteiger partial charge in [0.25, 0.3) is 0 Å². The van der Waals surface area contributed by atoms with Crippen molar-refractivity contribution in [1.29, 1.82) is 0 Å². The third-order valence-corrected chi connectivity index (χ3v) is 3.09. The lowest BCUT2D eigenvalue weighted by Gasteiger charge is -2.25. The molecule has 1 saturated carbocycles. The SMILES string of the molecule is CC(=O)C=C1CCC(CNC(=O)OC(C)(C)C)CC1. The van der Waals surface area contributed by atoms with Crippen LogP contribution in [0.2, 0.25) is 0 Å². The molecule has 1 amide bonds. The molecule has 0 unspecified atom stereocenters. The van der Waals surface area contributed by atoms with Crippen LogP contribution in [0.25, 0.3) is 0 Å². The van der Waals surface area contributed by atoms with Gasteiger partial charge < -0.3 is 10.1 Å². The van der Waals surface area contributed by atoms with E-state index in [4.69, 9.17) is 4.74 Å². The molecule has 4 heteroatoms. The van der Waals surface area contributed by atoms with Crippen LogP contribution in [0.3, 0.4) is 0 Å². The van der Waals surface area contributed by atoms with Crippen LogP contribution in [0.5, 0.6) is 0 Å². The van der Waals surface area contributed by atoms with Crippen LogP contribution in [0.4, 0.5) is 4.79 Å². The van der Waals surface area contributed by atoms with E-state index >= 15 is 0 Å². The summed E-state index contributed by atoms with van der Waals surface area (Å²) in [4.78, 5) is 22.5. The number of hydrogen-bond acceptors (Lipinski definition) is 3. The van der Waals surface area contributed by atoms with Gasteiger partial charge in [-0.3, -0.25) is 4.79 Å². The van der Waals surface area contributed by atoms with Gasteiger partial charge in [0.15, 0.2) is 5.78 Å². The van der Waals surface area contributed by atoms with Gasteiger partial charge in [-0.05, 0) is 65.4 Å². The van der Waals surface area contributed by atoms with E-state index in [1.165, 1.54) is 5.57 Å². The topological polar surface area (TPSA) is 55.4 Å². The zero-order valence-corrected chi connectivity index (χ0v) is 12.4. The molecule has 1 aliphatic carbocycles. The van der Waals surface area contributed by atoms with Crippen molar-refractivity contribution in [2.24, 2.45) is 5.92 Å². The lowest BCUT2D eigenvalue weighted by molar-refractivity contribution is -0.112. The molecular formula is C15H25NO3. The highest BCUT2D eigenvalue weighted by molar-refractivity contribution is 5.87. The molecule has 108 valence electrons. The maximum Gasteiger partial charge on any atom is 0.407 e. The third-order valence-electron chi connectivity index (χ3n) is 3.09. The second-order valence-corrected chi connectivity index (χ2v) is 6.24. The van der Waals surface area contributed by atoms with Gasteiger partial charge in [0.05, 0.1) is 0 Å². The van der Waals surface area contributed by atoms with Crippen LogP contribution in [-0.4, -0.2) is 24.0 Å². The van der Waals surface area contributed by atoms with Gasteiger partial charge in [-0.15, -0.1) is 0 Å². The van der Waals surface area contributed by atoms with Gasteiger partial charge in [0.1, 0.15) is 5.60 Å². The van der Waals surface area contributed by atoms with E-state index < -0.39 is 5.60 Å². The molecule has 0 radical (unpaired) electrons. The van der Waals surface area contributed by atoms with E-state index in [-0.39, 0.29) is 11.9 Å². The van der Waals surface area contributed by atoms with Crippen molar-refractivity contribution < 1.29 is 14.3 Å². The van der Waals surface area contributed by atoms with Crippen LogP contribution in [0.15, 0.2) is 11.6 Å². The zero-order valence-electron chi connectivity index (χ0n) is 12.4. The summed E-state index contributed by atoms with van der Waals surface area (Å²) in [6.07, 6.45) is 5.36. The number of nitrogens with one attached hydrogen (secondary N) is 1. The predicted molar refractivity (Wildman–Crippen MR) is 75.0 cm³/mol. The normalized spacial score (nSPS) is 19.8. The molecule has 1 rings (SSSR count). The summed E-state index contributed by atoms with van der Waals surface area (Å²) in [7, 11) is 0. The van der Waals surface area contributed by atoms with E-state index in [9.17, 15) is 9.59 Å². The molecule has 4 nitrogen and oxygen atoms in total. The molecule has 0 atom stereocenters. The maximum absolute atomic E-state index is 11.5. The summed E-state index contributed by atoms with van der Waals surface area (Å²) in [6, 6.07) is 0. The Morgan fingerprint density at radius 3 is 2.37 bits per heavy atom. The highest BCUT2D eigenvalue weighted by atomic mass is 16.6. The molecule has 1 aliphatic rings. The van der Waals surface area contributed by atoms with Crippen LogP contribution in [0.1, 0.15) is 53.4 Å². The van der Waals surface area contributed by atoms with E-state index in [1.54, 1.807) is 13.0 Å². The van der Waals surface area contributed by atoms with Crippen LogP contribution in [0, 0.1) is 5.92 Å². The first-order chi connectivity index (χ1) is 8.76. The number of rotatable bonds is 3. The van der Waals surface area contributed by atoms with E-state index in [2.05, 4.69) is 5.32 Å². The number of allylic oxidation sites excluding steroid dienone is 2. The molecule has 0 heterocycles. The molecular weight excluding hydrogens is 242 g/mol. The van der Waals surface area contributed by atoms with Crippen molar-refractivity contribution in [3.8, 4) is 0 Å². The van der Waals surface area contributed by atoms with Crippen molar-refractivity contribution >= 4 is 11.9 Å². The first-order valence-electron chi connectivity index (χ1n) is 6.93. The summed E-state index contributed by atoms with van der Waals surface area (Å²) in [5.41, 5.74) is 0.787. The minimum absolute atomic E-state index is 0.125. The first kappa shape index (κ1) is 15.7. The summed E-state index contributed by atoms with van der Waals surface area (Å²) in [5.74, 6) is 0.608. The molecule has 0 spiro atoms. The Balaban J connectivity index is 2.27. The smallest absolute Gasteiger partial charge is 0.407 e. The molecule has 1 N–H and O–H groups in total. The molecule has 0 aromatic heterocycles. The van der Waals surface area contributed by atoms with E-state index in [0.717, 1.165) is 25.7 Å². The lowest BCUT2D eigenvalue weighted by Crippen LogP contribution is -2.35. The highest BCUT2D eigenvalue weighted by Gasteiger charge is 2.20. The van der Waals surface area contributed by atoms with Crippen molar-refractivity contribution in [2.75, 3.05) is 6.54 Å². The number of alkyl carbamates (subject to hydrolysis) is 1. The molecule has 1 fully saturated rings. The predicted octanol–water partition coefficient (Wildman–Crippen LogP) is 3.22. The average Bonchev–Trinajstić information content (AvgIpc) is 2.25. The summed E-state index contributed by atoms with van der Waals surface area (Å²) < 4.78 is 5.20. The van der Waals surface area contributed by atoms with Crippen molar-refractivity contribution in [3.63, 3.8) is 0 Å². The number of carbonyl (C=O) groups is 2. The summed E-state index contributed by atoms with van der Waals surface area (Å²) in [5, 5.41) is 2.82.